The molecule has 0 fully saturated rings. The number of fused-ring (bicyclic) bond motifs is 1. The van der Waals surface area contributed by atoms with Crippen molar-refractivity contribution in [3.63, 3.8) is 0 Å². The molecule has 0 aliphatic carbocycles. The third kappa shape index (κ3) is 3.45. The summed E-state index contributed by atoms with van der Waals surface area (Å²) in [5.41, 5.74) is 3.28. The first-order valence-electron chi connectivity index (χ1n) is 7.87. The quantitative estimate of drug-likeness (QED) is 0.870. The van der Waals surface area contributed by atoms with E-state index in [1.54, 1.807) is 25.1 Å². The van der Waals surface area contributed by atoms with E-state index in [1.807, 2.05) is 25.1 Å². The van der Waals surface area contributed by atoms with Gasteiger partial charge in [-0.2, -0.15) is 0 Å². The molecule has 2 aromatic rings. The summed E-state index contributed by atoms with van der Waals surface area (Å²) < 4.78 is 32.9. The van der Waals surface area contributed by atoms with Gasteiger partial charge in [-0.3, -0.25) is 0 Å². The Labute approximate surface area is 142 Å². The molecule has 2 N–H and O–H groups in total. The maximum Gasteiger partial charge on any atom is 0.240 e. The first-order chi connectivity index (χ1) is 11.4. The molecule has 0 saturated heterocycles. The molecule has 2 aromatic carbocycles. The van der Waals surface area contributed by atoms with E-state index in [0.29, 0.717) is 17.7 Å². The first kappa shape index (κ1) is 17.0. The fourth-order valence-electron chi connectivity index (χ4n) is 2.79. The minimum Gasteiger partial charge on any atom is -0.493 e. The maximum absolute atomic E-state index is 12.5. The molecule has 0 spiro atoms. The predicted molar refractivity (Wildman–Crippen MR) is 91.7 cm³/mol. The van der Waals surface area contributed by atoms with Gasteiger partial charge in [-0.1, -0.05) is 18.2 Å². The summed E-state index contributed by atoms with van der Waals surface area (Å²) in [6.45, 7) is 4.17. The van der Waals surface area contributed by atoms with E-state index in [-0.39, 0.29) is 11.4 Å². The van der Waals surface area contributed by atoms with E-state index in [0.717, 1.165) is 23.3 Å². The van der Waals surface area contributed by atoms with Crippen molar-refractivity contribution in [1.82, 2.24) is 4.72 Å². The van der Waals surface area contributed by atoms with Crippen molar-refractivity contribution in [3.05, 3.63) is 58.7 Å². The topological polar surface area (TPSA) is 75.6 Å². The van der Waals surface area contributed by atoms with Gasteiger partial charge in [0.25, 0.3) is 0 Å². The molecule has 0 bridgehead atoms. The van der Waals surface area contributed by atoms with E-state index in [4.69, 9.17) is 4.74 Å². The highest BCUT2D eigenvalue weighted by molar-refractivity contribution is 7.89. The van der Waals surface area contributed by atoms with Gasteiger partial charge in [0, 0.05) is 13.0 Å². The van der Waals surface area contributed by atoms with Gasteiger partial charge in [0.05, 0.1) is 17.6 Å². The Hall–Kier alpha value is -1.89. The lowest BCUT2D eigenvalue weighted by molar-refractivity contribution is 0.182. The Morgan fingerprint density at radius 2 is 2.00 bits per heavy atom. The first-order valence-corrected chi connectivity index (χ1v) is 9.36. The molecule has 1 aliphatic rings. The standard InChI is InChI=1S/C18H21NO4S/c1-12-3-4-13(2)18(9-12)24(21,22)19-11-16(20)14-5-6-17-15(10-14)7-8-23-17/h3-6,9-10,16,19-20H,7-8,11H2,1-2H3. The summed E-state index contributed by atoms with van der Waals surface area (Å²) in [6.07, 6.45) is -0.0970. The Kier molecular flexibility index (Phi) is 4.62. The van der Waals surface area contributed by atoms with Crippen LogP contribution in [-0.4, -0.2) is 26.7 Å². The Morgan fingerprint density at radius 3 is 2.79 bits per heavy atom. The predicted octanol–water partition coefficient (Wildman–Crippen LogP) is 2.25. The van der Waals surface area contributed by atoms with Gasteiger partial charge in [-0.25, -0.2) is 13.1 Å². The normalized spacial score (nSPS) is 15.0. The van der Waals surface area contributed by atoms with Crippen molar-refractivity contribution < 1.29 is 18.3 Å². The van der Waals surface area contributed by atoms with Crippen molar-refractivity contribution in [1.29, 1.82) is 0 Å². The molecule has 0 amide bonds. The van der Waals surface area contributed by atoms with Crippen LogP contribution in [0.15, 0.2) is 41.3 Å². The minimum atomic E-state index is -3.66. The highest BCUT2D eigenvalue weighted by Crippen LogP contribution is 2.28. The summed E-state index contributed by atoms with van der Waals surface area (Å²) in [5, 5.41) is 10.3. The number of ether oxygens (including phenoxy) is 1. The summed E-state index contributed by atoms with van der Waals surface area (Å²) in [6, 6.07) is 10.7. The van der Waals surface area contributed by atoms with Crippen LogP contribution in [0.2, 0.25) is 0 Å². The number of sulfonamides is 1. The smallest absolute Gasteiger partial charge is 0.240 e. The second-order valence-corrected chi connectivity index (χ2v) is 7.84. The average Bonchev–Trinajstić information content (AvgIpc) is 3.02. The van der Waals surface area contributed by atoms with Crippen molar-refractivity contribution in [2.45, 2.75) is 31.3 Å². The van der Waals surface area contributed by atoms with Gasteiger partial charge < -0.3 is 9.84 Å². The lowest BCUT2D eigenvalue weighted by atomic mass is 10.0. The van der Waals surface area contributed by atoms with Crippen LogP contribution in [0.1, 0.15) is 28.4 Å². The lowest BCUT2D eigenvalue weighted by Gasteiger charge is -2.15. The second-order valence-electron chi connectivity index (χ2n) is 6.10. The molecule has 128 valence electrons. The molecule has 1 aliphatic heterocycles. The number of hydrogen-bond donors (Lipinski definition) is 2. The highest BCUT2D eigenvalue weighted by Gasteiger charge is 2.20. The van der Waals surface area contributed by atoms with Gasteiger partial charge in [0.1, 0.15) is 5.75 Å². The molecule has 3 rings (SSSR count). The van der Waals surface area contributed by atoms with Gasteiger partial charge in [-0.15, -0.1) is 0 Å². The molecule has 24 heavy (non-hydrogen) atoms. The van der Waals surface area contributed by atoms with Crippen LogP contribution in [-0.2, 0) is 16.4 Å². The monoisotopic (exact) mass is 347 g/mol. The summed E-state index contributed by atoms with van der Waals surface area (Å²) >= 11 is 0. The third-order valence-corrected chi connectivity index (χ3v) is 5.76. The summed E-state index contributed by atoms with van der Waals surface area (Å²) in [7, 11) is -3.66. The van der Waals surface area contributed by atoms with Crippen LogP contribution in [0.3, 0.4) is 0 Å². The molecule has 5 nitrogen and oxygen atoms in total. The van der Waals surface area contributed by atoms with Gasteiger partial charge >= 0.3 is 0 Å². The Balaban J connectivity index is 1.73. The van der Waals surface area contributed by atoms with Crippen molar-refractivity contribution >= 4 is 10.0 Å². The molecule has 1 heterocycles. The van der Waals surface area contributed by atoms with E-state index >= 15 is 0 Å². The van der Waals surface area contributed by atoms with E-state index in [9.17, 15) is 13.5 Å². The third-order valence-electron chi connectivity index (χ3n) is 4.20. The number of nitrogens with one attached hydrogen (secondary N) is 1. The number of aryl methyl sites for hydroxylation is 2. The molecule has 1 unspecified atom stereocenters. The average molecular weight is 347 g/mol. The summed E-state index contributed by atoms with van der Waals surface area (Å²) in [4.78, 5) is 0.247. The minimum absolute atomic E-state index is 0.0740. The molecular weight excluding hydrogens is 326 g/mol. The zero-order valence-corrected chi connectivity index (χ0v) is 14.6. The number of rotatable bonds is 5. The van der Waals surface area contributed by atoms with Crippen LogP contribution in [0.25, 0.3) is 0 Å². The molecule has 1 atom stereocenters. The Bertz CT molecular complexity index is 861. The zero-order valence-electron chi connectivity index (χ0n) is 13.7. The van der Waals surface area contributed by atoms with Gasteiger partial charge in [0.2, 0.25) is 10.0 Å². The van der Waals surface area contributed by atoms with E-state index in [1.165, 1.54) is 0 Å². The van der Waals surface area contributed by atoms with Crippen molar-refractivity contribution in [3.8, 4) is 5.75 Å². The number of hydrogen-bond acceptors (Lipinski definition) is 4. The van der Waals surface area contributed by atoms with Crippen LogP contribution >= 0.6 is 0 Å². The fraction of sp³-hybridized carbons (Fsp3) is 0.333. The van der Waals surface area contributed by atoms with E-state index < -0.39 is 16.1 Å². The van der Waals surface area contributed by atoms with Crippen molar-refractivity contribution in [2.24, 2.45) is 0 Å². The molecule has 6 heteroatoms. The van der Waals surface area contributed by atoms with Crippen molar-refractivity contribution in [2.75, 3.05) is 13.2 Å². The molecule has 0 saturated carbocycles. The maximum atomic E-state index is 12.5. The van der Waals surface area contributed by atoms with Gasteiger partial charge in [0.15, 0.2) is 0 Å². The lowest BCUT2D eigenvalue weighted by Crippen LogP contribution is -2.29. The molecule has 0 aromatic heterocycles. The fourth-order valence-corrected chi connectivity index (χ4v) is 4.16. The molecular formula is C18H21NO4S. The highest BCUT2D eigenvalue weighted by atomic mass is 32.2. The van der Waals surface area contributed by atoms with Crippen LogP contribution in [0.5, 0.6) is 5.75 Å². The molecule has 0 radical (unpaired) electrons. The number of benzene rings is 2. The zero-order chi connectivity index (χ0) is 17.3. The second kappa shape index (κ2) is 6.55. The van der Waals surface area contributed by atoms with Crippen LogP contribution in [0.4, 0.5) is 0 Å². The summed E-state index contributed by atoms with van der Waals surface area (Å²) in [5.74, 6) is 0.835. The number of aliphatic hydroxyl groups excluding tert-OH is 1. The van der Waals surface area contributed by atoms with E-state index in [2.05, 4.69) is 4.72 Å². The van der Waals surface area contributed by atoms with Crippen LogP contribution in [0, 0.1) is 13.8 Å². The SMILES string of the molecule is Cc1ccc(C)c(S(=O)(=O)NCC(O)c2ccc3c(c2)CCO3)c1. The van der Waals surface area contributed by atoms with Gasteiger partial charge in [-0.05, 0) is 54.3 Å². The number of aliphatic hydroxyl groups is 1. The largest absolute Gasteiger partial charge is 0.493 e. The van der Waals surface area contributed by atoms with Crippen LogP contribution < -0.4 is 9.46 Å². The Morgan fingerprint density at radius 1 is 1.21 bits per heavy atom.